The van der Waals surface area contributed by atoms with Crippen molar-refractivity contribution in [3.05, 3.63) is 33.6 Å². The molecule has 0 N–H and O–H groups in total. The maximum atomic E-state index is 10.8. The topological polar surface area (TPSA) is 56.0 Å². The van der Waals surface area contributed by atoms with Gasteiger partial charge < -0.3 is 0 Å². The van der Waals surface area contributed by atoms with Crippen molar-refractivity contribution in [2.75, 3.05) is 0 Å². The van der Waals surface area contributed by atoms with Gasteiger partial charge in [-0.15, -0.1) is 0 Å². The normalized spacial score (nSPS) is 12.5. The van der Waals surface area contributed by atoms with Crippen LogP contribution in [0.3, 0.4) is 0 Å². The molecule has 1 unspecified atom stereocenters. The molecule has 0 aromatic carbocycles. The Balaban J connectivity index is 3.02. The van der Waals surface area contributed by atoms with Gasteiger partial charge in [0.15, 0.2) is 0 Å². The summed E-state index contributed by atoms with van der Waals surface area (Å²) in [6.45, 7) is 3.86. The van der Waals surface area contributed by atoms with Crippen LogP contribution in [0.2, 0.25) is 0 Å². The van der Waals surface area contributed by atoms with E-state index in [1.165, 1.54) is 6.07 Å². The van der Waals surface area contributed by atoms with E-state index in [1.54, 1.807) is 6.07 Å². The van der Waals surface area contributed by atoms with Crippen LogP contribution in [0.1, 0.15) is 24.7 Å². The summed E-state index contributed by atoms with van der Waals surface area (Å²) in [7, 11) is 0. The van der Waals surface area contributed by atoms with E-state index in [2.05, 4.69) is 20.9 Å². The summed E-state index contributed by atoms with van der Waals surface area (Å²) in [5.41, 5.74) is 1.48. The number of pyridine rings is 1. The Kier molecular flexibility index (Phi) is 4.20. The molecule has 0 aliphatic carbocycles. The van der Waals surface area contributed by atoms with Gasteiger partial charge in [-0.05, 0) is 19.4 Å². The molecule has 0 aliphatic rings. The van der Waals surface area contributed by atoms with Gasteiger partial charge in [0.25, 0.3) is 5.69 Å². The summed E-state index contributed by atoms with van der Waals surface area (Å²) in [5.74, 6) is 0. The van der Waals surface area contributed by atoms with E-state index in [-0.39, 0.29) is 15.4 Å². The first kappa shape index (κ1) is 12.1. The quantitative estimate of drug-likeness (QED) is 0.481. The summed E-state index contributed by atoms with van der Waals surface area (Å²) < 4.78 is 0. The molecular formula is C10H13BrN2O2. The predicted octanol–water partition coefficient (Wildman–Crippen LogP) is 3.01. The van der Waals surface area contributed by atoms with Crippen molar-refractivity contribution in [3.8, 4) is 0 Å². The molecule has 0 spiro atoms. The van der Waals surface area contributed by atoms with Gasteiger partial charge in [0.05, 0.1) is 4.92 Å². The minimum atomic E-state index is -0.378. The van der Waals surface area contributed by atoms with Gasteiger partial charge >= 0.3 is 0 Å². The van der Waals surface area contributed by atoms with Gasteiger partial charge in [-0.2, -0.15) is 0 Å². The fourth-order valence-corrected chi connectivity index (χ4v) is 1.58. The molecule has 82 valence electrons. The molecule has 1 rings (SSSR count). The van der Waals surface area contributed by atoms with Crippen molar-refractivity contribution >= 4 is 21.6 Å². The van der Waals surface area contributed by atoms with Crippen molar-refractivity contribution in [3.63, 3.8) is 0 Å². The lowest BCUT2D eigenvalue weighted by atomic mass is 10.1. The van der Waals surface area contributed by atoms with E-state index in [0.717, 1.165) is 12.1 Å². The van der Waals surface area contributed by atoms with Crippen LogP contribution in [-0.2, 0) is 6.42 Å². The SMILES string of the molecule is CCC(Br)Cc1nc(C)ccc1[N+](=O)[O-]. The number of aromatic nitrogens is 1. The van der Waals surface area contributed by atoms with Crippen molar-refractivity contribution in [2.45, 2.75) is 31.5 Å². The van der Waals surface area contributed by atoms with Crippen LogP contribution in [0, 0.1) is 17.0 Å². The molecule has 5 heteroatoms. The van der Waals surface area contributed by atoms with Gasteiger partial charge in [-0.1, -0.05) is 22.9 Å². The molecular weight excluding hydrogens is 260 g/mol. The standard InChI is InChI=1S/C10H13BrN2O2/c1-3-8(11)6-9-10(13(14)15)5-4-7(2)12-9/h4-5,8H,3,6H2,1-2H3. The van der Waals surface area contributed by atoms with Crippen LogP contribution in [0.5, 0.6) is 0 Å². The number of nitrogens with zero attached hydrogens (tertiary/aromatic N) is 2. The second kappa shape index (κ2) is 5.21. The molecule has 4 nitrogen and oxygen atoms in total. The third-order valence-corrected chi connectivity index (χ3v) is 3.12. The number of alkyl halides is 1. The summed E-state index contributed by atoms with van der Waals surface area (Å²) >= 11 is 3.46. The minimum Gasteiger partial charge on any atom is -0.258 e. The lowest BCUT2D eigenvalue weighted by Gasteiger charge is -2.07. The lowest BCUT2D eigenvalue weighted by Crippen LogP contribution is -2.07. The lowest BCUT2D eigenvalue weighted by molar-refractivity contribution is -0.385. The number of rotatable bonds is 4. The van der Waals surface area contributed by atoms with Crippen LogP contribution in [-0.4, -0.2) is 14.7 Å². The molecule has 1 aromatic rings. The van der Waals surface area contributed by atoms with E-state index in [9.17, 15) is 10.1 Å². The Hall–Kier alpha value is -0.970. The van der Waals surface area contributed by atoms with Crippen molar-refractivity contribution in [1.82, 2.24) is 4.98 Å². The third kappa shape index (κ3) is 3.27. The second-order valence-electron chi connectivity index (χ2n) is 3.39. The Morgan fingerprint density at radius 3 is 2.80 bits per heavy atom. The minimum absolute atomic E-state index is 0.110. The maximum absolute atomic E-state index is 10.8. The molecule has 0 saturated heterocycles. The highest BCUT2D eigenvalue weighted by Crippen LogP contribution is 2.21. The van der Waals surface area contributed by atoms with Crippen molar-refractivity contribution < 1.29 is 4.92 Å². The fraction of sp³-hybridized carbons (Fsp3) is 0.500. The van der Waals surface area contributed by atoms with Crippen LogP contribution in [0.15, 0.2) is 12.1 Å². The van der Waals surface area contributed by atoms with Gasteiger partial charge in [0, 0.05) is 23.0 Å². The Morgan fingerprint density at radius 1 is 1.60 bits per heavy atom. The zero-order valence-corrected chi connectivity index (χ0v) is 10.3. The number of hydrogen-bond acceptors (Lipinski definition) is 3. The smallest absolute Gasteiger partial charge is 0.258 e. The number of nitro groups is 1. The van der Waals surface area contributed by atoms with Crippen LogP contribution in [0.25, 0.3) is 0 Å². The molecule has 0 radical (unpaired) electrons. The summed E-state index contributed by atoms with van der Waals surface area (Å²) in [6.07, 6.45) is 1.52. The van der Waals surface area contributed by atoms with Gasteiger partial charge in [0.1, 0.15) is 5.69 Å². The van der Waals surface area contributed by atoms with Crippen molar-refractivity contribution in [2.24, 2.45) is 0 Å². The van der Waals surface area contributed by atoms with Gasteiger partial charge in [0.2, 0.25) is 0 Å². The monoisotopic (exact) mass is 272 g/mol. The van der Waals surface area contributed by atoms with Crippen LogP contribution >= 0.6 is 15.9 Å². The van der Waals surface area contributed by atoms with Crippen LogP contribution in [0.4, 0.5) is 5.69 Å². The van der Waals surface area contributed by atoms with E-state index < -0.39 is 0 Å². The fourth-order valence-electron chi connectivity index (χ4n) is 1.27. The Bertz CT molecular complexity index is 368. The van der Waals surface area contributed by atoms with E-state index in [0.29, 0.717) is 12.1 Å². The zero-order valence-electron chi connectivity index (χ0n) is 8.74. The summed E-state index contributed by atoms with van der Waals surface area (Å²) in [5, 5.41) is 10.8. The first-order valence-corrected chi connectivity index (χ1v) is 5.71. The second-order valence-corrected chi connectivity index (χ2v) is 4.68. The predicted molar refractivity (Wildman–Crippen MR) is 62.3 cm³/mol. The molecule has 1 heterocycles. The van der Waals surface area contributed by atoms with Crippen molar-refractivity contribution in [1.29, 1.82) is 0 Å². The maximum Gasteiger partial charge on any atom is 0.290 e. The van der Waals surface area contributed by atoms with Crippen LogP contribution < -0.4 is 0 Å². The first-order valence-electron chi connectivity index (χ1n) is 4.79. The molecule has 0 bridgehead atoms. The largest absolute Gasteiger partial charge is 0.290 e. The summed E-state index contributed by atoms with van der Waals surface area (Å²) in [4.78, 5) is 14.8. The molecule has 1 atom stereocenters. The molecule has 0 amide bonds. The summed E-state index contributed by atoms with van der Waals surface area (Å²) in [6, 6.07) is 3.18. The number of aryl methyl sites for hydroxylation is 1. The van der Waals surface area contributed by atoms with E-state index in [1.807, 2.05) is 13.8 Å². The molecule has 0 saturated carbocycles. The Labute approximate surface area is 97.0 Å². The highest BCUT2D eigenvalue weighted by Gasteiger charge is 2.17. The van der Waals surface area contributed by atoms with E-state index in [4.69, 9.17) is 0 Å². The highest BCUT2D eigenvalue weighted by atomic mass is 79.9. The molecule has 1 aromatic heterocycles. The average molecular weight is 273 g/mol. The number of hydrogen-bond donors (Lipinski definition) is 0. The zero-order chi connectivity index (χ0) is 11.4. The highest BCUT2D eigenvalue weighted by molar-refractivity contribution is 9.09. The van der Waals surface area contributed by atoms with E-state index >= 15 is 0 Å². The third-order valence-electron chi connectivity index (χ3n) is 2.14. The first-order chi connectivity index (χ1) is 7.04. The molecule has 0 fully saturated rings. The Morgan fingerprint density at radius 2 is 2.27 bits per heavy atom. The van der Waals surface area contributed by atoms with Gasteiger partial charge in [-0.3, -0.25) is 15.1 Å². The van der Waals surface area contributed by atoms with Gasteiger partial charge in [-0.25, -0.2) is 0 Å². The average Bonchev–Trinajstić information content (AvgIpc) is 2.17. The molecule has 0 aliphatic heterocycles. The number of halogens is 1. The molecule has 15 heavy (non-hydrogen) atoms.